The Morgan fingerprint density at radius 3 is 2.57 bits per heavy atom. The average molecular weight is 423 g/mol. The zero-order valence-electron chi connectivity index (χ0n) is 16.4. The first-order chi connectivity index (χ1) is 14.5. The fourth-order valence-electron chi connectivity index (χ4n) is 3.38. The molecular formula is C23H22N2O4S. The highest BCUT2D eigenvalue weighted by molar-refractivity contribution is 7.99. The molecule has 0 saturated carbocycles. The molecule has 0 spiro atoms. The van der Waals surface area contributed by atoms with Crippen molar-refractivity contribution in [3.63, 3.8) is 0 Å². The lowest BCUT2D eigenvalue weighted by Crippen LogP contribution is -2.12. The number of carboxylic acid groups (broad SMARTS) is 2. The minimum atomic E-state index is -1.22. The van der Waals surface area contributed by atoms with Gasteiger partial charge in [0, 0.05) is 29.2 Å². The van der Waals surface area contributed by atoms with Gasteiger partial charge in [-0.15, -0.1) is 11.8 Å². The number of hydrogen-bond acceptors (Lipinski definition) is 5. The third-order valence-electron chi connectivity index (χ3n) is 4.86. The Bertz CT molecular complexity index is 1010. The van der Waals surface area contributed by atoms with Crippen molar-refractivity contribution in [2.75, 3.05) is 17.2 Å². The highest BCUT2D eigenvalue weighted by Crippen LogP contribution is 2.36. The standard InChI is InChI=1S/C23H22N2O4S/c24-15-18(23(28)29)14-16-4-9-21-17(13-16)10-11-25(21)19-5-7-20(8-6-19)30-12-2-1-3-22(26)27/h4-9,13-14H,1-3,10-12H2,(H,26,27)(H,28,29)/b18-14+. The molecule has 0 atom stereocenters. The fraction of sp³-hybridized carbons (Fsp3) is 0.261. The summed E-state index contributed by atoms with van der Waals surface area (Å²) in [6.45, 7) is 0.841. The third-order valence-corrected chi connectivity index (χ3v) is 5.96. The number of nitrogens with zero attached hydrogens (tertiary/aromatic N) is 2. The Hall–Kier alpha value is -3.24. The highest BCUT2D eigenvalue weighted by Gasteiger charge is 2.20. The van der Waals surface area contributed by atoms with Crippen LogP contribution in [0.1, 0.15) is 30.4 Å². The lowest BCUT2D eigenvalue weighted by atomic mass is 10.1. The first-order valence-corrected chi connectivity index (χ1v) is 10.7. The third kappa shape index (κ3) is 5.43. The van der Waals surface area contributed by atoms with E-state index >= 15 is 0 Å². The second kappa shape index (κ2) is 9.99. The number of benzene rings is 2. The van der Waals surface area contributed by atoms with Crippen LogP contribution in [0.2, 0.25) is 0 Å². The molecule has 6 nitrogen and oxygen atoms in total. The van der Waals surface area contributed by atoms with E-state index in [0.717, 1.165) is 47.0 Å². The molecule has 1 heterocycles. The summed E-state index contributed by atoms with van der Waals surface area (Å²) in [6, 6.07) is 15.8. The zero-order chi connectivity index (χ0) is 21.5. The molecule has 3 rings (SSSR count). The molecule has 154 valence electrons. The molecule has 0 amide bonds. The zero-order valence-corrected chi connectivity index (χ0v) is 17.2. The van der Waals surface area contributed by atoms with Gasteiger partial charge in [0.15, 0.2) is 0 Å². The summed E-state index contributed by atoms with van der Waals surface area (Å²) < 4.78 is 0. The molecule has 0 fully saturated rings. The molecule has 0 saturated heterocycles. The maximum atomic E-state index is 11.0. The van der Waals surface area contributed by atoms with Gasteiger partial charge in [0.1, 0.15) is 11.6 Å². The van der Waals surface area contributed by atoms with Gasteiger partial charge >= 0.3 is 11.9 Å². The van der Waals surface area contributed by atoms with Crippen LogP contribution in [0.5, 0.6) is 0 Å². The van der Waals surface area contributed by atoms with Gasteiger partial charge in [0.2, 0.25) is 0 Å². The monoisotopic (exact) mass is 422 g/mol. The van der Waals surface area contributed by atoms with Crippen molar-refractivity contribution in [3.8, 4) is 6.07 Å². The van der Waals surface area contributed by atoms with E-state index in [9.17, 15) is 9.59 Å². The van der Waals surface area contributed by atoms with Crippen molar-refractivity contribution in [1.29, 1.82) is 5.26 Å². The first kappa shape index (κ1) is 21.5. The van der Waals surface area contributed by atoms with Crippen molar-refractivity contribution < 1.29 is 19.8 Å². The lowest BCUT2D eigenvalue weighted by molar-refractivity contribution is -0.137. The molecule has 7 heteroatoms. The quantitative estimate of drug-likeness (QED) is 0.261. The van der Waals surface area contributed by atoms with E-state index in [1.165, 1.54) is 6.08 Å². The predicted octanol–water partition coefficient (Wildman–Crippen LogP) is 4.72. The number of unbranched alkanes of at least 4 members (excludes halogenated alkanes) is 1. The molecule has 30 heavy (non-hydrogen) atoms. The molecule has 2 aromatic carbocycles. The summed E-state index contributed by atoms with van der Waals surface area (Å²) >= 11 is 1.73. The van der Waals surface area contributed by atoms with Crippen LogP contribution < -0.4 is 4.90 Å². The summed E-state index contributed by atoms with van der Waals surface area (Å²) in [5.74, 6) is -1.07. The van der Waals surface area contributed by atoms with Crippen LogP contribution in [0, 0.1) is 11.3 Å². The maximum absolute atomic E-state index is 11.0. The number of rotatable bonds is 9. The first-order valence-electron chi connectivity index (χ1n) is 9.68. The van der Waals surface area contributed by atoms with E-state index in [4.69, 9.17) is 15.5 Å². The van der Waals surface area contributed by atoms with Gasteiger partial charge in [-0.2, -0.15) is 5.26 Å². The highest BCUT2D eigenvalue weighted by atomic mass is 32.2. The number of thioether (sulfide) groups is 1. The Kier molecular flexibility index (Phi) is 7.15. The van der Waals surface area contributed by atoms with Crippen molar-refractivity contribution in [2.45, 2.75) is 30.6 Å². The number of carbonyl (C=O) groups is 2. The second-order valence-electron chi connectivity index (χ2n) is 6.96. The van der Waals surface area contributed by atoms with E-state index < -0.39 is 11.9 Å². The SMILES string of the molecule is N#C/C(=C\c1ccc2c(c1)CCN2c1ccc(SCCCCC(=O)O)cc1)C(=O)O. The van der Waals surface area contributed by atoms with Crippen LogP contribution >= 0.6 is 11.8 Å². The Morgan fingerprint density at radius 1 is 1.13 bits per heavy atom. The second-order valence-corrected chi connectivity index (χ2v) is 8.13. The normalized spacial score (nSPS) is 13.0. The summed E-state index contributed by atoms with van der Waals surface area (Å²) in [7, 11) is 0. The molecule has 0 radical (unpaired) electrons. The molecule has 0 aliphatic carbocycles. The summed E-state index contributed by atoms with van der Waals surface area (Å²) in [4.78, 5) is 25.0. The van der Waals surface area contributed by atoms with E-state index in [0.29, 0.717) is 12.0 Å². The number of aliphatic carboxylic acids is 2. The fourth-order valence-corrected chi connectivity index (χ4v) is 4.29. The van der Waals surface area contributed by atoms with Gasteiger partial charge in [-0.05, 0) is 78.6 Å². The van der Waals surface area contributed by atoms with E-state index in [1.807, 2.05) is 18.2 Å². The average Bonchev–Trinajstić information content (AvgIpc) is 3.15. The van der Waals surface area contributed by atoms with Crippen LogP contribution in [-0.2, 0) is 16.0 Å². The summed E-state index contributed by atoms with van der Waals surface area (Å²) in [5.41, 5.74) is 3.75. The van der Waals surface area contributed by atoms with Crippen LogP contribution in [0.3, 0.4) is 0 Å². The minimum absolute atomic E-state index is 0.222. The van der Waals surface area contributed by atoms with E-state index in [2.05, 4.69) is 29.2 Å². The van der Waals surface area contributed by atoms with E-state index in [1.54, 1.807) is 17.8 Å². The largest absolute Gasteiger partial charge is 0.481 e. The smallest absolute Gasteiger partial charge is 0.346 e. The number of nitriles is 1. The van der Waals surface area contributed by atoms with Gasteiger partial charge < -0.3 is 15.1 Å². The van der Waals surface area contributed by atoms with Gasteiger partial charge in [0.05, 0.1) is 0 Å². The Labute approximate surface area is 179 Å². The molecule has 0 aromatic heterocycles. The molecule has 1 aliphatic heterocycles. The number of carboxylic acids is 2. The minimum Gasteiger partial charge on any atom is -0.481 e. The van der Waals surface area contributed by atoms with Crippen LogP contribution in [0.25, 0.3) is 6.08 Å². The van der Waals surface area contributed by atoms with Crippen molar-refractivity contribution in [2.24, 2.45) is 0 Å². The van der Waals surface area contributed by atoms with E-state index in [-0.39, 0.29) is 12.0 Å². The van der Waals surface area contributed by atoms with Crippen molar-refractivity contribution in [1.82, 2.24) is 0 Å². The lowest BCUT2D eigenvalue weighted by Gasteiger charge is -2.20. The Balaban J connectivity index is 1.64. The van der Waals surface area contributed by atoms with Gasteiger partial charge in [0.25, 0.3) is 0 Å². The van der Waals surface area contributed by atoms with Gasteiger partial charge in [-0.1, -0.05) is 6.07 Å². The molecule has 0 bridgehead atoms. The number of fused-ring (bicyclic) bond motifs is 1. The summed E-state index contributed by atoms with van der Waals surface area (Å²) in [6.07, 6.45) is 4.05. The maximum Gasteiger partial charge on any atom is 0.346 e. The molecule has 0 unspecified atom stereocenters. The van der Waals surface area contributed by atoms with Gasteiger partial charge in [-0.3, -0.25) is 4.79 Å². The molecule has 1 aliphatic rings. The van der Waals surface area contributed by atoms with Crippen molar-refractivity contribution in [3.05, 3.63) is 59.2 Å². The Morgan fingerprint density at radius 2 is 1.90 bits per heavy atom. The number of hydrogen-bond donors (Lipinski definition) is 2. The number of anilines is 2. The van der Waals surface area contributed by atoms with Crippen LogP contribution in [0.15, 0.2) is 52.9 Å². The van der Waals surface area contributed by atoms with Crippen molar-refractivity contribution >= 4 is 41.2 Å². The van der Waals surface area contributed by atoms with Gasteiger partial charge in [-0.25, -0.2) is 4.79 Å². The predicted molar refractivity (Wildman–Crippen MR) is 117 cm³/mol. The topological polar surface area (TPSA) is 102 Å². The molecular weight excluding hydrogens is 400 g/mol. The molecule has 2 N–H and O–H groups in total. The van der Waals surface area contributed by atoms with Crippen LogP contribution in [-0.4, -0.2) is 34.4 Å². The van der Waals surface area contributed by atoms with Crippen LogP contribution in [0.4, 0.5) is 11.4 Å². The summed E-state index contributed by atoms with van der Waals surface area (Å²) in [5, 5.41) is 26.6. The molecule has 2 aromatic rings.